The maximum Gasteiger partial charge on any atom is 0.289 e. The molecule has 0 atom stereocenters. The molecule has 0 radical (unpaired) electrons. The molecule has 88 valence electrons. The maximum absolute atomic E-state index is 13.1. The summed E-state index contributed by atoms with van der Waals surface area (Å²) in [5.41, 5.74) is 1.28. The van der Waals surface area contributed by atoms with Crippen molar-refractivity contribution in [1.29, 1.82) is 0 Å². The van der Waals surface area contributed by atoms with E-state index in [4.69, 9.17) is 4.42 Å². The molecule has 1 saturated heterocycles. The third-order valence-corrected chi connectivity index (χ3v) is 3.24. The lowest BCUT2D eigenvalue weighted by molar-refractivity contribution is 0.0620. The Morgan fingerprint density at radius 1 is 1.41 bits per heavy atom. The smallest absolute Gasteiger partial charge is 0.289 e. The van der Waals surface area contributed by atoms with Gasteiger partial charge in [0, 0.05) is 24.0 Å². The first-order chi connectivity index (χ1) is 8.16. The van der Waals surface area contributed by atoms with Gasteiger partial charge in [-0.25, -0.2) is 4.39 Å². The van der Waals surface area contributed by atoms with Gasteiger partial charge in [-0.1, -0.05) is 0 Å². The van der Waals surface area contributed by atoms with E-state index in [1.807, 2.05) is 0 Å². The topological polar surface area (TPSA) is 33.5 Å². The van der Waals surface area contributed by atoms with E-state index in [1.165, 1.54) is 12.1 Å². The van der Waals surface area contributed by atoms with Gasteiger partial charge >= 0.3 is 0 Å². The van der Waals surface area contributed by atoms with E-state index in [2.05, 4.69) is 0 Å². The number of benzene rings is 1. The van der Waals surface area contributed by atoms with E-state index in [9.17, 15) is 9.18 Å². The molecule has 1 aromatic carbocycles. The lowest BCUT2D eigenvalue weighted by Crippen LogP contribution is -2.42. The molecule has 1 aliphatic rings. The molecule has 0 N–H and O–H groups in total. The van der Waals surface area contributed by atoms with Crippen LogP contribution in [0, 0.1) is 12.7 Å². The number of hydrogen-bond donors (Lipinski definition) is 0. The quantitative estimate of drug-likeness (QED) is 0.758. The standard InChI is InChI=1S/C13H12FNO2/c1-8-10-7-9(14)3-4-11(10)17-12(8)13(16)15-5-2-6-15/h3-4,7H,2,5-6H2,1H3. The molecule has 17 heavy (non-hydrogen) atoms. The third kappa shape index (κ3) is 1.52. The molecular weight excluding hydrogens is 221 g/mol. The van der Waals surface area contributed by atoms with Gasteiger partial charge < -0.3 is 9.32 Å². The highest BCUT2D eigenvalue weighted by Gasteiger charge is 2.26. The highest BCUT2D eigenvalue weighted by molar-refractivity contribution is 5.99. The molecule has 2 aromatic rings. The Labute approximate surface area is 97.8 Å². The van der Waals surface area contributed by atoms with Crippen molar-refractivity contribution in [1.82, 2.24) is 4.90 Å². The van der Waals surface area contributed by atoms with E-state index in [-0.39, 0.29) is 11.7 Å². The van der Waals surface area contributed by atoms with Crippen LogP contribution in [0.2, 0.25) is 0 Å². The first-order valence-corrected chi connectivity index (χ1v) is 5.65. The number of halogens is 1. The molecule has 3 nitrogen and oxygen atoms in total. The molecule has 0 saturated carbocycles. The number of carbonyl (C=O) groups is 1. The minimum Gasteiger partial charge on any atom is -0.451 e. The van der Waals surface area contributed by atoms with Crippen LogP contribution in [-0.2, 0) is 0 Å². The van der Waals surface area contributed by atoms with Crippen molar-refractivity contribution in [2.45, 2.75) is 13.3 Å². The van der Waals surface area contributed by atoms with Crippen molar-refractivity contribution < 1.29 is 13.6 Å². The van der Waals surface area contributed by atoms with Crippen LogP contribution in [0.15, 0.2) is 22.6 Å². The largest absolute Gasteiger partial charge is 0.451 e. The number of fused-ring (bicyclic) bond motifs is 1. The summed E-state index contributed by atoms with van der Waals surface area (Å²) in [5, 5.41) is 0.675. The minimum absolute atomic E-state index is 0.0923. The normalized spacial score (nSPS) is 15.1. The van der Waals surface area contributed by atoms with Gasteiger partial charge in [0.25, 0.3) is 5.91 Å². The Hall–Kier alpha value is -1.84. The highest BCUT2D eigenvalue weighted by Crippen LogP contribution is 2.27. The second kappa shape index (κ2) is 3.58. The lowest BCUT2D eigenvalue weighted by Gasteiger charge is -2.30. The molecule has 3 rings (SSSR count). The van der Waals surface area contributed by atoms with Crippen LogP contribution in [0.25, 0.3) is 11.0 Å². The average molecular weight is 233 g/mol. The fraction of sp³-hybridized carbons (Fsp3) is 0.308. The van der Waals surface area contributed by atoms with Crippen LogP contribution in [0.4, 0.5) is 4.39 Å². The van der Waals surface area contributed by atoms with Gasteiger partial charge in [-0.2, -0.15) is 0 Å². The summed E-state index contributed by atoms with van der Waals surface area (Å²) in [4.78, 5) is 13.8. The third-order valence-electron chi connectivity index (χ3n) is 3.24. The van der Waals surface area contributed by atoms with Gasteiger partial charge in [0.2, 0.25) is 0 Å². The minimum atomic E-state index is -0.315. The number of aryl methyl sites for hydroxylation is 1. The van der Waals surface area contributed by atoms with E-state index < -0.39 is 0 Å². The summed E-state index contributed by atoms with van der Waals surface area (Å²) >= 11 is 0. The fourth-order valence-corrected chi connectivity index (χ4v) is 2.06. The summed E-state index contributed by atoms with van der Waals surface area (Å²) < 4.78 is 18.6. The van der Waals surface area contributed by atoms with Crippen molar-refractivity contribution in [3.8, 4) is 0 Å². The maximum atomic E-state index is 13.1. The summed E-state index contributed by atoms with van der Waals surface area (Å²) in [6.45, 7) is 3.35. The molecule has 2 heterocycles. The Bertz CT molecular complexity index is 599. The van der Waals surface area contributed by atoms with Crippen molar-refractivity contribution in [2.75, 3.05) is 13.1 Å². The Morgan fingerprint density at radius 2 is 2.18 bits per heavy atom. The Kier molecular flexibility index (Phi) is 2.18. The zero-order valence-electron chi connectivity index (χ0n) is 9.50. The number of rotatable bonds is 1. The second-order valence-electron chi connectivity index (χ2n) is 4.34. The van der Waals surface area contributed by atoms with Crippen molar-refractivity contribution in [2.24, 2.45) is 0 Å². The summed E-state index contributed by atoms with van der Waals surface area (Å²) in [5.74, 6) is -0.0694. The van der Waals surface area contributed by atoms with Crippen molar-refractivity contribution in [3.63, 3.8) is 0 Å². The van der Waals surface area contributed by atoms with E-state index in [0.29, 0.717) is 16.7 Å². The van der Waals surface area contributed by atoms with Crippen molar-refractivity contribution in [3.05, 3.63) is 35.3 Å². The molecule has 0 aliphatic carbocycles. The summed E-state index contributed by atoms with van der Waals surface area (Å²) in [6.07, 6.45) is 1.04. The molecule has 4 heteroatoms. The molecule has 1 amide bonds. The van der Waals surface area contributed by atoms with Crippen LogP contribution in [0.1, 0.15) is 22.5 Å². The van der Waals surface area contributed by atoms with Gasteiger partial charge in [0.15, 0.2) is 5.76 Å². The molecule has 0 spiro atoms. The van der Waals surface area contributed by atoms with Gasteiger partial charge in [-0.15, -0.1) is 0 Å². The monoisotopic (exact) mass is 233 g/mol. The zero-order valence-corrected chi connectivity index (χ0v) is 9.50. The number of furan rings is 1. The average Bonchev–Trinajstić information content (AvgIpc) is 2.54. The highest BCUT2D eigenvalue weighted by atomic mass is 19.1. The summed E-state index contributed by atoms with van der Waals surface area (Å²) in [7, 11) is 0. The number of nitrogens with zero attached hydrogens (tertiary/aromatic N) is 1. The molecule has 1 aliphatic heterocycles. The van der Waals surface area contributed by atoms with E-state index in [1.54, 1.807) is 17.9 Å². The van der Waals surface area contributed by atoms with Gasteiger partial charge in [-0.3, -0.25) is 4.79 Å². The lowest BCUT2D eigenvalue weighted by atomic mass is 10.1. The van der Waals surface area contributed by atoms with Crippen LogP contribution in [-0.4, -0.2) is 23.9 Å². The van der Waals surface area contributed by atoms with E-state index >= 15 is 0 Å². The van der Waals surface area contributed by atoms with E-state index in [0.717, 1.165) is 25.1 Å². The molecule has 0 bridgehead atoms. The number of amides is 1. The van der Waals surface area contributed by atoms with Gasteiger partial charge in [0.1, 0.15) is 11.4 Å². The molecular formula is C13H12FNO2. The van der Waals surface area contributed by atoms with Crippen LogP contribution >= 0.6 is 0 Å². The SMILES string of the molecule is Cc1c(C(=O)N2CCC2)oc2ccc(F)cc12. The van der Waals surface area contributed by atoms with Crippen LogP contribution in [0.3, 0.4) is 0 Å². The van der Waals surface area contributed by atoms with Crippen LogP contribution in [0.5, 0.6) is 0 Å². The number of hydrogen-bond acceptors (Lipinski definition) is 2. The van der Waals surface area contributed by atoms with Crippen LogP contribution < -0.4 is 0 Å². The van der Waals surface area contributed by atoms with Crippen molar-refractivity contribution >= 4 is 16.9 Å². The predicted octanol–water partition coefficient (Wildman–Crippen LogP) is 2.73. The number of carbonyl (C=O) groups excluding carboxylic acids is 1. The molecule has 0 unspecified atom stereocenters. The molecule has 1 aromatic heterocycles. The Balaban J connectivity index is 2.10. The number of likely N-dealkylation sites (tertiary alicyclic amines) is 1. The Morgan fingerprint density at radius 3 is 2.82 bits per heavy atom. The van der Waals surface area contributed by atoms with Gasteiger partial charge in [0.05, 0.1) is 0 Å². The fourth-order valence-electron chi connectivity index (χ4n) is 2.06. The summed E-state index contributed by atoms with van der Waals surface area (Å²) in [6, 6.07) is 4.30. The zero-order chi connectivity index (χ0) is 12.0. The second-order valence-corrected chi connectivity index (χ2v) is 4.34. The first-order valence-electron chi connectivity index (χ1n) is 5.65. The predicted molar refractivity (Wildman–Crippen MR) is 61.4 cm³/mol. The van der Waals surface area contributed by atoms with Gasteiger partial charge in [-0.05, 0) is 31.5 Å². The first kappa shape index (κ1) is 10.3. The molecule has 1 fully saturated rings.